The van der Waals surface area contributed by atoms with Crippen LogP contribution in [0, 0.1) is 23.2 Å². The number of carbonyl (C=O) groups excluding carboxylic acids is 2. The van der Waals surface area contributed by atoms with Crippen molar-refractivity contribution in [1.82, 2.24) is 0 Å². The lowest BCUT2D eigenvalue weighted by Crippen LogP contribution is -2.45. The molecule has 3 rings (SSSR count). The van der Waals surface area contributed by atoms with Crippen molar-refractivity contribution in [2.24, 2.45) is 23.2 Å². The first-order chi connectivity index (χ1) is 15.0. The highest BCUT2D eigenvalue weighted by Crippen LogP contribution is 2.47. The zero-order chi connectivity index (χ0) is 23.6. The van der Waals surface area contributed by atoms with Crippen LogP contribution >= 0.6 is 0 Å². The molecule has 0 aromatic rings. The van der Waals surface area contributed by atoms with E-state index in [1.54, 1.807) is 0 Å². The maximum atomic E-state index is 12.9. The molecule has 3 aliphatic rings. The summed E-state index contributed by atoms with van der Waals surface area (Å²) in [4.78, 5) is 25.3. The molecule has 0 bridgehead atoms. The summed E-state index contributed by atoms with van der Waals surface area (Å²) in [6, 6.07) is 0. The van der Waals surface area contributed by atoms with E-state index in [0.29, 0.717) is 0 Å². The minimum Gasteiger partial charge on any atom is -0.462 e. The van der Waals surface area contributed by atoms with Crippen molar-refractivity contribution in [3.8, 4) is 0 Å². The summed E-state index contributed by atoms with van der Waals surface area (Å²) >= 11 is 0. The highest BCUT2D eigenvalue weighted by atomic mass is 19.4. The van der Waals surface area contributed by atoms with Gasteiger partial charge < -0.3 is 9.47 Å². The summed E-state index contributed by atoms with van der Waals surface area (Å²) in [5.41, 5.74) is -0.887. The van der Waals surface area contributed by atoms with Gasteiger partial charge in [0.1, 0.15) is 11.7 Å². The van der Waals surface area contributed by atoms with Gasteiger partial charge in [0.25, 0.3) is 0 Å². The number of alkyl halides is 3. The normalized spacial score (nSPS) is 31.2. The number of rotatable bonds is 6. The van der Waals surface area contributed by atoms with Gasteiger partial charge in [-0.15, -0.1) is 0 Å². The summed E-state index contributed by atoms with van der Waals surface area (Å²) in [6.07, 6.45) is 3.99. The van der Waals surface area contributed by atoms with Crippen molar-refractivity contribution >= 4 is 11.9 Å². The van der Waals surface area contributed by atoms with Crippen LogP contribution in [-0.4, -0.2) is 29.8 Å². The monoisotopic (exact) mass is 460 g/mol. The van der Waals surface area contributed by atoms with Gasteiger partial charge >= 0.3 is 18.1 Å². The van der Waals surface area contributed by atoms with Gasteiger partial charge in [-0.25, -0.2) is 0 Å². The van der Waals surface area contributed by atoms with Crippen LogP contribution in [0.1, 0.15) is 104 Å². The van der Waals surface area contributed by atoms with E-state index < -0.39 is 29.0 Å². The summed E-state index contributed by atoms with van der Waals surface area (Å²) in [7, 11) is 0. The first-order valence-corrected chi connectivity index (χ1v) is 12.5. The SMILES string of the molecule is CCC(C)(C)C(=O)OC1(C2CCC(OC(=O)C3CCC(C(F)(F)F)CC3)CC2)CCCC1. The molecular weight excluding hydrogens is 421 g/mol. The maximum absolute atomic E-state index is 12.9. The standard InChI is InChI=1S/C25H39F3O4/c1-4-23(2,3)22(30)32-24(15-5-6-16-24)18-11-13-20(14-12-18)31-21(29)17-7-9-19(10-8-17)25(26,27)28/h17-20H,4-16H2,1-3H3. The van der Waals surface area contributed by atoms with Gasteiger partial charge in [0.05, 0.1) is 17.3 Å². The van der Waals surface area contributed by atoms with E-state index in [-0.39, 0.29) is 49.6 Å². The van der Waals surface area contributed by atoms with Crippen molar-refractivity contribution in [3.05, 3.63) is 0 Å². The lowest BCUT2D eigenvalue weighted by molar-refractivity contribution is -0.188. The fourth-order valence-corrected chi connectivity index (χ4v) is 5.66. The Balaban J connectivity index is 1.50. The van der Waals surface area contributed by atoms with Crippen LogP contribution in [0.15, 0.2) is 0 Å². The van der Waals surface area contributed by atoms with Gasteiger partial charge in [0.15, 0.2) is 0 Å². The van der Waals surface area contributed by atoms with Crippen LogP contribution in [0.4, 0.5) is 13.2 Å². The van der Waals surface area contributed by atoms with Crippen molar-refractivity contribution in [2.45, 2.75) is 122 Å². The molecule has 0 atom stereocenters. The maximum Gasteiger partial charge on any atom is 0.391 e. The van der Waals surface area contributed by atoms with E-state index in [9.17, 15) is 22.8 Å². The highest BCUT2D eigenvalue weighted by molar-refractivity contribution is 5.76. The van der Waals surface area contributed by atoms with Gasteiger partial charge in [-0.1, -0.05) is 6.92 Å². The summed E-state index contributed by atoms with van der Waals surface area (Å²) in [5.74, 6) is -1.88. The lowest BCUT2D eigenvalue weighted by Gasteiger charge is -2.42. The fraction of sp³-hybridized carbons (Fsp3) is 0.920. The number of carbonyl (C=O) groups is 2. The Bertz CT molecular complexity index is 651. The van der Waals surface area contributed by atoms with Crippen LogP contribution in [0.3, 0.4) is 0 Å². The third-order valence-corrected chi connectivity index (χ3v) is 8.41. The number of hydrogen-bond donors (Lipinski definition) is 0. The van der Waals surface area contributed by atoms with E-state index in [0.717, 1.165) is 57.8 Å². The smallest absolute Gasteiger partial charge is 0.391 e. The minimum atomic E-state index is -4.17. The molecule has 0 aliphatic heterocycles. The van der Waals surface area contributed by atoms with E-state index >= 15 is 0 Å². The number of ether oxygens (including phenoxy) is 2. The Hall–Kier alpha value is -1.27. The Kier molecular flexibility index (Phi) is 7.86. The molecule has 0 spiro atoms. The Labute approximate surface area is 190 Å². The molecule has 0 amide bonds. The van der Waals surface area contributed by atoms with Crippen molar-refractivity contribution in [3.63, 3.8) is 0 Å². The minimum absolute atomic E-state index is 0.0119. The van der Waals surface area contributed by atoms with Gasteiger partial charge in [-0.2, -0.15) is 13.2 Å². The van der Waals surface area contributed by atoms with Gasteiger partial charge in [-0.05, 0) is 103 Å². The Morgan fingerprint density at radius 2 is 1.47 bits per heavy atom. The molecule has 7 heteroatoms. The fourth-order valence-electron chi connectivity index (χ4n) is 5.66. The molecule has 184 valence electrons. The molecule has 0 aromatic heterocycles. The predicted molar refractivity (Wildman–Crippen MR) is 115 cm³/mol. The van der Waals surface area contributed by atoms with Crippen LogP contribution < -0.4 is 0 Å². The summed E-state index contributed by atoms with van der Waals surface area (Å²) in [5, 5.41) is 0. The molecule has 0 saturated heterocycles. The van der Waals surface area contributed by atoms with Crippen molar-refractivity contribution < 1.29 is 32.2 Å². The zero-order valence-electron chi connectivity index (χ0n) is 19.8. The van der Waals surface area contributed by atoms with Crippen LogP contribution in [0.25, 0.3) is 0 Å². The first-order valence-electron chi connectivity index (χ1n) is 12.5. The van der Waals surface area contributed by atoms with E-state index in [2.05, 4.69) is 0 Å². The molecule has 3 saturated carbocycles. The average Bonchev–Trinajstić information content (AvgIpc) is 3.23. The van der Waals surface area contributed by atoms with Gasteiger partial charge in [0, 0.05) is 0 Å². The van der Waals surface area contributed by atoms with Crippen LogP contribution in [-0.2, 0) is 19.1 Å². The highest BCUT2D eigenvalue weighted by Gasteiger charge is 2.48. The molecule has 0 unspecified atom stereocenters. The second-order valence-corrected chi connectivity index (χ2v) is 10.9. The third kappa shape index (κ3) is 5.80. The van der Waals surface area contributed by atoms with E-state index in [4.69, 9.17) is 9.47 Å². The number of halogens is 3. The molecule has 3 fully saturated rings. The second-order valence-electron chi connectivity index (χ2n) is 10.9. The number of esters is 2. The first kappa shape index (κ1) is 25.4. The van der Waals surface area contributed by atoms with Crippen molar-refractivity contribution in [1.29, 1.82) is 0 Å². The van der Waals surface area contributed by atoms with Crippen LogP contribution in [0.2, 0.25) is 0 Å². The molecule has 0 heterocycles. The predicted octanol–water partition coefficient (Wildman–Crippen LogP) is 6.75. The summed E-state index contributed by atoms with van der Waals surface area (Å²) in [6.45, 7) is 5.85. The van der Waals surface area contributed by atoms with Crippen molar-refractivity contribution in [2.75, 3.05) is 0 Å². The second kappa shape index (κ2) is 9.92. The largest absolute Gasteiger partial charge is 0.462 e. The molecule has 0 N–H and O–H groups in total. The molecule has 0 radical (unpaired) electrons. The van der Waals surface area contributed by atoms with Crippen LogP contribution in [0.5, 0.6) is 0 Å². The molecular formula is C25H39F3O4. The Morgan fingerprint density at radius 3 is 1.97 bits per heavy atom. The van der Waals surface area contributed by atoms with Gasteiger partial charge in [-0.3, -0.25) is 9.59 Å². The quantitative estimate of drug-likeness (QED) is 0.412. The molecule has 3 aliphatic carbocycles. The van der Waals surface area contributed by atoms with E-state index in [1.165, 1.54) is 0 Å². The molecule has 0 aromatic carbocycles. The average molecular weight is 461 g/mol. The molecule has 32 heavy (non-hydrogen) atoms. The zero-order valence-corrected chi connectivity index (χ0v) is 19.8. The third-order valence-electron chi connectivity index (χ3n) is 8.41. The summed E-state index contributed by atoms with van der Waals surface area (Å²) < 4.78 is 50.5. The molecule has 4 nitrogen and oxygen atoms in total. The van der Waals surface area contributed by atoms with E-state index in [1.807, 2.05) is 20.8 Å². The topological polar surface area (TPSA) is 52.6 Å². The lowest BCUT2D eigenvalue weighted by atomic mass is 9.74. The number of hydrogen-bond acceptors (Lipinski definition) is 4. The Morgan fingerprint density at radius 1 is 0.906 bits per heavy atom. The van der Waals surface area contributed by atoms with Gasteiger partial charge in [0.2, 0.25) is 0 Å².